The number of ether oxygens (including phenoxy) is 2. The fourth-order valence-electron chi connectivity index (χ4n) is 1.96. The van der Waals surface area contributed by atoms with Crippen molar-refractivity contribution in [3.63, 3.8) is 0 Å². The van der Waals surface area contributed by atoms with Crippen LogP contribution in [-0.2, 0) is 9.47 Å². The third-order valence-corrected chi connectivity index (χ3v) is 2.86. The van der Waals surface area contributed by atoms with Crippen LogP contribution in [0.3, 0.4) is 0 Å². The van der Waals surface area contributed by atoms with Crippen molar-refractivity contribution in [2.45, 2.75) is 6.92 Å². The van der Waals surface area contributed by atoms with Gasteiger partial charge in [-0.25, -0.2) is 9.59 Å². The molecule has 0 saturated heterocycles. The van der Waals surface area contributed by atoms with E-state index in [2.05, 4.69) is 9.72 Å². The molecule has 8 heteroatoms. The van der Waals surface area contributed by atoms with Gasteiger partial charge in [-0.15, -0.1) is 0 Å². The summed E-state index contributed by atoms with van der Waals surface area (Å²) in [5.41, 5.74) is 0.0555. The molecule has 0 aliphatic carbocycles. The van der Waals surface area contributed by atoms with Crippen LogP contribution in [0.5, 0.6) is 0 Å². The zero-order chi connectivity index (χ0) is 15.6. The molecule has 0 fully saturated rings. The van der Waals surface area contributed by atoms with Crippen LogP contribution >= 0.6 is 0 Å². The van der Waals surface area contributed by atoms with Crippen molar-refractivity contribution in [3.05, 3.63) is 39.6 Å². The lowest BCUT2D eigenvalue weighted by Crippen LogP contribution is -2.12. The molecule has 0 spiro atoms. The number of carbonyl (C=O) groups excluding carboxylic acids is 2. The quantitative estimate of drug-likeness (QED) is 0.524. The number of nitro groups is 1. The number of hydrogen-bond acceptors (Lipinski definition) is 6. The fourth-order valence-corrected chi connectivity index (χ4v) is 1.96. The summed E-state index contributed by atoms with van der Waals surface area (Å²) >= 11 is 0. The van der Waals surface area contributed by atoms with Gasteiger partial charge in [0.1, 0.15) is 11.3 Å². The molecule has 0 saturated carbocycles. The number of methoxy groups -OCH3 is 1. The molecule has 0 unspecified atom stereocenters. The first kappa shape index (κ1) is 14.5. The summed E-state index contributed by atoms with van der Waals surface area (Å²) in [6.45, 7) is 1.76. The van der Waals surface area contributed by atoms with Crippen molar-refractivity contribution in [1.82, 2.24) is 4.98 Å². The predicted octanol–water partition coefficient (Wildman–Crippen LogP) is 2.04. The number of nitrogens with zero attached hydrogens (tertiary/aromatic N) is 1. The van der Waals surface area contributed by atoms with Crippen LogP contribution in [0.2, 0.25) is 0 Å². The number of hydrogen-bond donors (Lipinski definition) is 1. The smallest absolute Gasteiger partial charge is 0.355 e. The lowest BCUT2D eigenvalue weighted by molar-refractivity contribution is -0.384. The van der Waals surface area contributed by atoms with Crippen LogP contribution in [0.1, 0.15) is 27.8 Å². The number of H-pyrrole nitrogens is 1. The van der Waals surface area contributed by atoms with E-state index in [0.29, 0.717) is 5.52 Å². The molecule has 8 nitrogen and oxygen atoms in total. The molecule has 1 aromatic carbocycles. The van der Waals surface area contributed by atoms with Crippen molar-refractivity contribution >= 4 is 28.5 Å². The Hall–Kier alpha value is -2.90. The highest BCUT2D eigenvalue weighted by atomic mass is 16.6. The van der Waals surface area contributed by atoms with Gasteiger partial charge in [-0.05, 0) is 13.0 Å². The number of rotatable bonds is 4. The third-order valence-electron chi connectivity index (χ3n) is 2.86. The van der Waals surface area contributed by atoms with Crippen LogP contribution in [0.15, 0.2) is 18.2 Å². The van der Waals surface area contributed by atoms with Gasteiger partial charge in [0.2, 0.25) is 0 Å². The maximum atomic E-state index is 11.9. The van der Waals surface area contributed by atoms with Crippen molar-refractivity contribution in [3.8, 4) is 0 Å². The van der Waals surface area contributed by atoms with E-state index in [-0.39, 0.29) is 28.9 Å². The molecule has 1 N–H and O–H groups in total. The van der Waals surface area contributed by atoms with Gasteiger partial charge in [0.15, 0.2) is 0 Å². The van der Waals surface area contributed by atoms with Gasteiger partial charge in [-0.3, -0.25) is 10.1 Å². The number of carbonyl (C=O) groups is 2. The highest BCUT2D eigenvalue weighted by molar-refractivity contribution is 6.13. The summed E-state index contributed by atoms with van der Waals surface area (Å²) < 4.78 is 9.49. The second kappa shape index (κ2) is 5.61. The van der Waals surface area contributed by atoms with Crippen molar-refractivity contribution in [2.75, 3.05) is 13.7 Å². The zero-order valence-corrected chi connectivity index (χ0v) is 11.3. The average molecular weight is 292 g/mol. The van der Waals surface area contributed by atoms with Gasteiger partial charge in [-0.1, -0.05) is 0 Å². The first-order chi connectivity index (χ1) is 9.99. The normalized spacial score (nSPS) is 10.4. The van der Waals surface area contributed by atoms with Gasteiger partial charge in [0.25, 0.3) is 5.69 Å². The summed E-state index contributed by atoms with van der Waals surface area (Å²) in [6.07, 6.45) is 0. The number of benzene rings is 1. The lowest BCUT2D eigenvalue weighted by Gasteiger charge is -2.02. The number of nitrogens with one attached hydrogen (secondary N) is 1. The molecule has 0 atom stereocenters. The molecule has 0 amide bonds. The Labute approximate surface area is 118 Å². The maximum Gasteiger partial charge on any atom is 0.355 e. The van der Waals surface area contributed by atoms with E-state index in [1.54, 1.807) is 6.92 Å². The van der Waals surface area contributed by atoms with E-state index < -0.39 is 16.9 Å². The Morgan fingerprint density at radius 1 is 1.33 bits per heavy atom. The Morgan fingerprint density at radius 3 is 2.62 bits per heavy atom. The maximum absolute atomic E-state index is 11.9. The minimum absolute atomic E-state index is 0.0744. The van der Waals surface area contributed by atoms with E-state index >= 15 is 0 Å². The number of aromatic amines is 1. The van der Waals surface area contributed by atoms with E-state index in [4.69, 9.17) is 4.74 Å². The van der Waals surface area contributed by atoms with Gasteiger partial charge in [0.05, 0.1) is 18.6 Å². The molecular formula is C13H12N2O6. The monoisotopic (exact) mass is 292 g/mol. The molecule has 0 bridgehead atoms. The minimum atomic E-state index is -0.773. The topological polar surface area (TPSA) is 112 Å². The van der Waals surface area contributed by atoms with Gasteiger partial charge in [0, 0.05) is 23.0 Å². The molecular weight excluding hydrogens is 280 g/mol. The molecule has 2 aromatic rings. The largest absolute Gasteiger partial charge is 0.465 e. The zero-order valence-electron chi connectivity index (χ0n) is 11.3. The standard InChI is InChI=1S/C13H12N2O6/c1-3-21-13(17)11-10(12(16)20-2)8-6-7(15(18)19)4-5-9(8)14-11/h4-6,14H,3H2,1-2H3. The summed E-state index contributed by atoms with van der Waals surface area (Å²) in [6, 6.07) is 3.90. The fraction of sp³-hybridized carbons (Fsp3) is 0.231. The summed E-state index contributed by atoms with van der Waals surface area (Å²) in [5, 5.41) is 11.1. The van der Waals surface area contributed by atoms with E-state index in [1.165, 1.54) is 18.2 Å². The second-order valence-electron chi connectivity index (χ2n) is 4.07. The van der Waals surface area contributed by atoms with Gasteiger partial charge >= 0.3 is 11.9 Å². The first-order valence-electron chi connectivity index (χ1n) is 6.05. The Morgan fingerprint density at radius 2 is 2.05 bits per heavy atom. The van der Waals surface area contributed by atoms with Gasteiger partial charge < -0.3 is 14.5 Å². The SMILES string of the molecule is CCOC(=O)c1[nH]c2ccc([N+](=O)[O-])cc2c1C(=O)OC. The van der Waals surface area contributed by atoms with Crippen molar-refractivity contribution in [1.29, 1.82) is 0 Å². The van der Waals surface area contributed by atoms with Crippen LogP contribution in [-0.4, -0.2) is 35.6 Å². The predicted molar refractivity (Wildman–Crippen MR) is 72.2 cm³/mol. The number of esters is 2. The van der Waals surface area contributed by atoms with E-state index in [1.807, 2.05) is 0 Å². The van der Waals surface area contributed by atoms with Crippen LogP contribution in [0.25, 0.3) is 10.9 Å². The Kier molecular flexibility index (Phi) is 3.88. The number of fused-ring (bicyclic) bond motifs is 1. The molecule has 0 aliphatic heterocycles. The lowest BCUT2D eigenvalue weighted by atomic mass is 10.1. The molecule has 21 heavy (non-hydrogen) atoms. The molecule has 1 heterocycles. The molecule has 0 radical (unpaired) electrons. The minimum Gasteiger partial charge on any atom is -0.465 e. The molecule has 0 aliphatic rings. The van der Waals surface area contributed by atoms with Gasteiger partial charge in [-0.2, -0.15) is 0 Å². The first-order valence-corrected chi connectivity index (χ1v) is 6.05. The summed E-state index contributed by atoms with van der Waals surface area (Å²) in [7, 11) is 1.16. The Bertz CT molecular complexity index is 734. The third kappa shape index (κ3) is 2.55. The van der Waals surface area contributed by atoms with E-state index in [0.717, 1.165) is 7.11 Å². The Balaban J connectivity index is 2.71. The molecule has 2 rings (SSSR count). The number of aromatic nitrogens is 1. The van der Waals surface area contributed by atoms with Crippen molar-refractivity contribution < 1.29 is 24.0 Å². The highest BCUT2D eigenvalue weighted by Crippen LogP contribution is 2.27. The molecule has 110 valence electrons. The van der Waals surface area contributed by atoms with Crippen molar-refractivity contribution in [2.24, 2.45) is 0 Å². The average Bonchev–Trinajstić information content (AvgIpc) is 2.85. The summed E-state index contributed by atoms with van der Waals surface area (Å²) in [5.74, 6) is -1.50. The van der Waals surface area contributed by atoms with E-state index in [9.17, 15) is 19.7 Å². The second-order valence-corrected chi connectivity index (χ2v) is 4.07. The number of nitro benzene ring substituents is 1. The summed E-state index contributed by atoms with van der Waals surface area (Å²) in [4.78, 5) is 36.7. The van der Waals surface area contributed by atoms with Crippen LogP contribution in [0, 0.1) is 10.1 Å². The van der Waals surface area contributed by atoms with Crippen LogP contribution < -0.4 is 0 Å². The highest BCUT2D eigenvalue weighted by Gasteiger charge is 2.26. The molecule has 1 aromatic heterocycles. The number of non-ortho nitro benzene ring substituents is 1. The van der Waals surface area contributed by atoms with Crippen LogP contribution in [0.4, 0.5) is 5.69 Å².